The van der Waals surface area contributed by atoms with Crippen molar-refractivity contribution in [1.29, 1.82) is 0 Å². The first-order chi connectivity index (χ1) is 13.3. The maximum absolute atomic E-state index is 14.4. The molecule has 28 heavy (non-hydrogen) atoms. The van der Waals surface area contributed by atoms with Gasteiger partial charge in [0.15, 0.2) is 17.4 Å². The van der Waals surface area contributed by atoms with Crippen molar-refractivity contribution in [3.8, 4) is 11.3 Å². The highest BCUT2D eigenvalue weighted by Crippen LogP contribution is 2.37. The first kappa shape index (κ1) is 19.4. The fourth-order valence-corrected chi connectivity index (χ4v) is 3.69. The Hall–Kier alpha value is -1.94. The van der Waals surface area contributed by atoms with Crippen LogP contribution in [0.2, 0.25) is 0 Å². The molecule has 0 amide bonds. The average molecular weight is 395 g/mol. The molecule has 0 N–H and O–H groups in total. The lowest BCUT2D eigenvalue weighted by molar-refractivity contribution is -0.339. The van der Waals surface area contributed by atoms with Crippen LogP contribution in [0.1, 0.15) is 25.5 Å². The number of halogens is 2. The van der Waals surface area contributed by atoms with Crippen molar-refractivity contribution in [3.63, 3.8) is 0 Å². The summed E-state index contributed by atoms with van der Waals surface area (Å²) in [5.74, 6) is -2.61. The topological polar surface area (TPSA) is 67.6 Å². The van der Waals surface area contributed by atoms with Crippen LogP contribution < -0.4 is 0 Å². The molecule has 2 aliphatic rings. The standard InChI is InChI=1S/C19H23F2N3O4/c1-10-5-6-11(16(21)15(10)20)12-7-24(23-22-12)17-13(25-4)8-26-14-9-27-19(2,3)28-18(14)17/h5-7,13-14,17-18H,8-9H2,1-4H3/t13-,14+,17+,18-/m0/s1. The van der Waals surface area contributed by atoms with E-state index in [1.807, 2.05) is 13.8 Å². The lowest BCUT2D eigenvalue weighted by atomic mass is 9.95. The quantitative estimate of drug-likeness (QED) is 0.796. The summed E-state index contributed by atoms with van der Waals surface area (Å²) in [5, 5.41) is 8.23. The van der Waals surface area contributed by atoms with Gasteiger partial charge in [-0.05, 0) is 32.4 Å². The molecule has 9 heteroatoms. The van der Waals surface area contributed by atoms with E-state index in [2.05, 4.69) is 10.3 Å². The van der Waals surface area contributed by atoms with Crippen molar-refractivity contribution in [2.45, 2.75) is 50.9 Å². The third kappa shape index (κ3) is 3.32. The van der Waals surface area contributed by atoms with E-state index in [0.717, 1.165) is 0 Å². The van der Waals surface area contributed by atoms with Gasteiger partial charge in [-0.25, -0.2) is 13.5 Å². The molecule has 1 aromatic carbocycles. The van der Waals surface area contributed by atoms with Crippen LogP contribution in [0.4, 0.5) is 8.78 Å². The van der Waals surface area contributed by atoms with Crippen molar-refractivity contribution in [2.75, 3.05) is 20.3 Å². The summed E-state index contributed by atoms with van der Waals surface area (Å²) in [6, 6.07) is 2.65. The molecule has 7 nitrogen and oxygen atoms in total. The van der Waals surface area contributed by atoms with Gasteiger partial charge in [-0.15, -0.1) is 5.10 Å². The van der Waals surface area contributed by atoms with Crippen molar-refractivity contribution < 1.29 is 27.7 Å². The minimum atomic E-state index is -0.941. The van der Waals surface area contributed by atoms with Gasteiger partial charge in [0.2, 0.25) is 0 Å². The number of methoxy groups -OCH3 is 1. The van der Waals surface area contributed by atoms with Crippen molar-refractivity contribution in [3.05, 3.63) is 35.5 Å². The highest BCUT2D eigenvalue weighted by molar-refractivity contribution is 5.59. The Morgan fingerprint density at radius 1 is 1.21 bits per heavy atom. The number of ether oxygens (including phenoxy) is 4. The molecule has 0 spiro atoms. The zero-order valence-corrected chi connectivity index (χ0v) is 16.2. The van der Waals surface area contributed by atoms with Gasteiger partial charge in [0.25, 0.3) is 0 Å². The molecular weight excluding hydrogens is 372 g/mol. The summed E-state index contributed by atoms with van der Waals surface area (Å²) in [6.45, 7) is 5.87. The number of hydrogen-bond donors (Lipinski definition) is 0. The summed E-state index contributed by atoms with van der Waals surface area (Å²) in [5.41, 5.74) is 0.527. The largest absolute Gasteiger partial charge is 0.377 e. The molecule has 2 fully saturated rings. The summed E-state index contributed by atoms with van der Waals surface area (Å²) >= 11 is 0. The molecule has 0 unspecified atom stereocenters. The summed E-state index contributed by atoms with van der Waals surface area (Å²) < 4.78 is 53.1. The van der Waals surface area contributed by atoms with Crippen LogP contribution in [0.15, 0.2) is 18.3 Å². The summed E-state index contributed by atoms with van der Waals surface area (Å²) in [7, 11) is 1.58. The van der Waals surface area contributed by atoms with Crippen LogP contribution in [-0.2, 0) is 18.9 Å². The lowest BCUT2D eigenvalue weighted by Gasteiger charge is -2.48. The van der Waals surface area contributed by atoms with Gasteiger partial charge in [-0.3, -0.25) is 0 Å². The Morgan fingerprint density at radius 3 is 2.75 bits per heavy atom. The van der Waals surface area contributed by atoms with Gasteiger partial charge >= 0.3 is 0 Å². The molecule has 2 aromatic rings. The van der Waals surface area contributed by atoms with Crippen LogP contribution in [0.3, 0.4) is 0 Å². The first-order valence-electron chi connectivity index (χ1n) is 9.13. The minimum absolute atomic E-state index is 0.0557. The highest BCUT2D eigenvalue weighted by Gasteiger charge is 2.49. The Labute approximate surface area is 161 Å². The number of hydrogen-bond acceptors (Lipinski definition) is 6. The molecule has 4 atom stereocenters. The van der Waals surface area contributed by atoms with Crippen LogP contribution >= 0.6 is 0 Å². The van der Waals surface area contributed by atoms with Gasteiger partial charge in [-0.2, -0.15) is 0 Å². The van der Waals surface area contributed by atoms with E-state index in [4.69, 9.17) is 18.9 Å². The number of aryl methyl sites for hydroxylation is 1. The fraction of sp³-hybridized carbons (Fsp3) is 0.579. The highest BCUT2D eigenvalue weighted by atomic mass is 19.2. The molecule has 152 valence electrons. The van der Waals surface area contributed by atoms with E-state index in [1.165, 1.54) is 19.1 Å². The molecule has 2 aliphatic heterocycles. The second kappa shape index (κ2) is 7.14. The average Bonchev–Trinajstić information content (AvgIpc) is 3.13. The van der Waals surface area contributed by atoms with Crippen LogP contribution in [0.25, 0.3) is 11.3 Å². The van der Waals surface area contributed by atoms with Gasteiger partial charge < -0.3 is 18.9 Å². The molecule has 0 aliphatic carbocycles. The van der Waals surface area contributed by atoms with E-state index in [0.29, 0.717) is 13.2 Å². The number of fused-ring (bicyclic) bond motifs is 1. The lowest BCUT2D eigenvalue weighted by Crippen LogP contribution is -2.59. The minimum Gasteiger partial charge on any atom is -0.377 e. The van der Waals surface area contributed by atoms with Gasteiger partial charge in [0, 0.05) is 12.7 Å². The van der Waals surface area contributed by atoms with Gasteiger partial charge in [0.05, 0.1) is 19.4 Å². The second-order valence-corrected chi connectivity index (χ2v) is 7.57. The smallest absolute Gasteiger partial charge is 0.168 e. The third-order valence-electron chi connectivity index (χ3n) is 5.24. The fourth-order valence-electron chi connectivity index (χ4n) is 3.69. The predicted molar refractivity (Wildman–Crippen MR) is 94.6 cm³/mol. The number of benzene rings is 1. The second-order valence-electron chi connectivity index (χ2n) is 7.57. The molecule has 0 saturated carbocycles. The van der Waals surface area contributed by atoms with E-state index in [1.54, 1.807) is 18.0 Å². The molecule has 4 rings (SSSR count). The van der Waals surface area contributed by atoms with Crippen LogP contribution in [0.5, 0.6) is 0 Å². The van der Waals surface area contributed by atoms with E-state index in [-0.39, 0.29) is 35.1 Å². The van der Waals surface area contributed by atoms with Gasteiger partial charge in [-0.1, -0.05) is 11.3 Å². The van der Waals surface area contributed by atoms with Crippen molar-refractivity contribution in [1.82, 2.24) is 15.0 Å². The number of nitrogens with zero attached hydrogens (tertiary/aromatic N) is 3. The van der Waals surface area contributed by atoms with Crippen LogP contribution in [0, 0.1) is 18.6 Å². The molecule has 3 heterocycles. The van der Waals surface area contributed by atoms with Gasteiger partial charge in [0.1, 0.15) is 30.0 Å². The zero-order chi connectivity index (χ0) is 20.1. The first-order valence-corrected chi connectivity index (χ1v) is 9.13. The molecule has 0 bridgehead atoms. The third-order valence-corrected chi connectivity index (χ3v) is 5.24. The van der Waals surface area contributed by atoms with Crippen LogP contribution in [-0.4, -0.2) is 59.4 Å². The SMILES string of the molecule is CO[C@H]1CO[C@@H]2COC(C)(C)O[C@@H]2[C@@H]1n1cc(-c2ccc(C)c(F)c2F)nn1. The zero-order valence-electron chi connectivity index (χ0n) is 16.2. The summed E-state index contributed by atoms with van der Waals surface area (Å²) in [6.07, 6.45) is 0.560. The van der Waals surface area contributed by atoms with Crippen molar-refractivity contribution in [2.24, 2.45) is 0 Å². The van der Waals surface area contributed by atoms with E-state index < -0.39 is 23.5 Å². The van der Waals surface area contributed by atoms with E-state index >= 15 is 0 Å². The Kier molecular flexibility index (Phi) is 4.95. The Morgan fingerprint density at radius 2 is 2.00 bits per heavy atom. The molecular formula is C19H23F2N3O4. The monoisotopic (exact) mass is 395 g/mol. The Bertz CT molecular complexity index is 873. The Balaban J connectivity index is 1.70. The maximum Gasteiger partial charge on any atom is 0.168 e. The molecule has 2 saturated heterocycles. The number of aromatic nitrogens is 3. The maximum atomic E-state index is 14.4. The number of rotatable bonds is 3. The van der Waals surface area contributed by atoms with E-state index in [9.17, 15) is 8.78 Å². The summed E-state index contributed by atoms with van der Waals surface area (Å²) in [4.78, 5) is 0. The predicted octanol–water partition coefficient (Wildman–Crippen LogP) is 2.64. The molecule has 1 aromatic heterocycles. The normalized spacial score (nSPS) is 29.5. The molecule has 0 radical (unpaired) electrons. The van der Waals surface area contributed by atoms with Crippen molar-refractivity contribution >= 4 is 0 Å².